The predicted molar refractivity (Wildman–Crippen MR) is 78.4 cm³/mol. The third-order valence-electron chi connectivity index (χ3n) is 4.35. The summed E-state index contributed by atoms with van der Waals surface area (Å²) in [6.07, 6.45) is 3.55. The molecule has 1 aromatic rings. The highest BCUT2D eigenvalue weighted by Gasteiger charge is 2.31. The van der Waals surface area contributed by atoms with Gasteiger partial charge in [-0.15, -0.1) is 0 Å². The molecule has 2 rings (SSSR count). The molecule has 1 heterocycles. The number of aliphatic hydroxyl groups excluding tert-OH is 1. The van der Waals surface area contributed by atoms with Gasteiger partial charge in [0.15, 0.2) is 0 Å². The van der Waals surface area contributed by atoms with E-state index in [9.17, 15) is 5.11 Å². The van der Waals surface area contributed by atoms with E-state index in [2.05, 4.69) is 39.3 Å². The third kappa shape index (κ3) is 2.86. The largest absolute Gasteiger partial charge is 0.394 e. The van der Waals surface area contributed by atoms with Gasteiger partial charge < -0.3 is 5.11 Å². The molecule has 1 atom stereocenters. The highest BCUT2D eigenvalue weighted by Crippen LogP contribution is 2.36. The molecule has 1 N–H and O–H groups in total. The maximum absolute atomic E-state index is 9.25. The van der Waals surface area contributed by atoms with Crippen molar-refractivity contribution in [2.45, 2.75) is 65.8 Å². The average molecular weight is 264 g/mol. The van der Waals surface area contributed by atoms with Crippen LogP contribution in [0, 0.1) is 11.8 Å². The third-order valence-corrected chi connectivity index (χ3v) is 4.35. The van der Waals surface area contributed by atoms with Crippen molar-refractivity contribution in [2.75, 3.05) is 6.61 Å². The van der Waals surface area contributed by atoms with Crippen LogP contribution in [-0.4, -0.2) is 21.5 Å². The van der Waals surface area contributed by atoms with Crippen molar-refractivity contribution in [3.05, 3.63) is 17.0 Å². The Morgan fingerprint density at radius 3 is 2.58 bits per heavy atom. The number of hydrogen-bond acceptors (Lipinski definition) is 2. The molecule has 0 fully saturated rings. The molecule has 0 saturated heterocycles. The summed E-state index contributed by atoms with van der Waals surface area (Å²) in [4.78, 5) is 0. The summed E-state index contributed by atoms with van der Waals surface area (Å²) in [7, 11) is 0. The van der Waals surface area contributed by atoms with Gasteiger partial charge in [-0.3, -0.25) is 4.68 Å². The number of nitrogens with zero attached hydrogens (tertiary/aromatic N) is 2. The van der Waals surface area contributed by atoms with Gasteiger partial charge in [-0.1, -0.05) is 34.6 Å². The van der Waals surface area contributed by atoms with Gasteiger partial charge in [-0.2, -0.15) is 5.10 Å². The van der Waals surface area contributed by atoms with Crippen LogP contribution in [0.1, 0.15) is 58.0 Å². The summed E-state index contributed by atoms with van der Waals surface area (Å²) in [6.45, 7) is 12.1. The van der Waals surface area contributed by atoms with Crippen LogP contribution in [0.4, 0.5) is 0 Å². The Morgan fingerprint density at radius 2 is 2.05 bits per heavy atom. The first-order valence-corrected chi connectivity index (χ1v) is 7.54. The lowest BCUT2D eigenvalue weighted by Gasteiger charge is -2.27. The number of hydrogen-bond donors (Lipinski definition) is 1. The van der Waals surface area contributed by atoms with Crippen LogP contribution in [0.3, 0.4) is 0 Å². The Labute approximate surface area is 117 Å². The maximum atomic E-state index is 9.25. The normalized spacial score (nSPS) is 19.8. The van der Waals surface area contributed by atoms with E-state index in [4.69, 9.17) is 5.10 Å². The lowest BCUT2D eigenvalue weighted by molar-refractivity contribution is 0.261. The minimum absolute atomic E-state index is 0.0927. The zero-order valence-corrected chi connectivity index (χ0v) is 13.0. The highest BCUT2D eigenvalue weighted by molar-refractivity contribution is 5.33. The van der Waals surface area contributed by atoms with Crippen molar-refractivity contribution in [3.63, 3.8) is 0 Å². The molecule has 0 spiro atoms. The second-order valence-electron chi connectivity index (χ2n) is 7.22. The second-order valence-corrected chi connectivity index (χ2v) is 7.22. The predicted octanol–water partition coefficient (Wildman–Crippen LogP) is 2.93. The Hall–Kier alpha value is -0.830. The lowest BCUT2D eigenvalue weighted by atomic mass is 9.77. The van der Waals surface area contributed by atoms with E-state index < -0.39 is 0 Å². The molecule has 1 aliphatic carbocycles. The molecule has 1 unspecified atom stereocenters. The van der Waals surface area contributed by atoms with Crippen LogP contribution in [0.2, 0.25) is 0 Å². The van der Waals surface area contributed by atoms with Gasteiger partial charge in [-0.05, 0) is 36.7 Å². The Bertz CT molecular complexity index is 440. The zero-order chi connectivity index (χ0) is 14.2. The van der Waals surface area contributed by atoms with E-state index in [0.29, 0.717) is 6.54 Å². The minimum Gasteiger partial charge on any atom is -0.394 e. The van der Waals surface area contributed by atoms with E-state index >= 15 is 0 Å². The molecule has 0 aromatic carbocycles. The molecule has 0 radical (unpaired) electrons. The van der Waals surface area contributed by atoms with E-state index in [0.717, 1.165) is 24.7 Å². The van der Waals surface area contributed by atoms with Crippen molar-refractivity contribution >= 4 is 0 Å². The summed E-state index contributed by atoms with van der Waals surface area (Å²) >= 11 is 0. The van der Waals surface area contributed by atoms with Crippen LogP contribution in [0.5, 0.6) is 0 Å². The molecular weight excluding hydrogens is 236 g/mol. The summed E-state index contributed by atoms with van der Waals surface area (Å²) in [5.74, 6) is 1.48. The van der Waals surface area contributed by atoms with Crippen molar-refractivity contribution in [3.8, 4) is 0 Å². The van der Waals surface area contributed by atoms with E-state index in [1.54, 1.807) is 0 Å². The molecular formula is C16H28N2O. The Balaban J connectivity index is 2.41. The number of rotatable bonds is 3. The van der Waals surface area contributed by atoms with E-state index in [-0.39, 0.29) is 12.0 Å². The standard InChI is InChI=1S/C16H28N2O/c1-11(2)12-6-7-13-14(10-12)18(8-9-19)17-15(13)16(3,4)5/h11-12,19H,6-10H2,1-5H3. The fraction of sp³-hybridized carbons (Fsp3) is 0.812. The van der Waals surface area contributed by atoms with Gasteiger partial charge in [0.2, 0.25) is 0 Å². The summed E-state index contributed by atoms with van der Waals surface area (Å²) < 4.78 is 2.06. The molecule has 0 bridgehead atoms. The Kier molecular flexibility index (Phi) is 4.05. The molecule has 0 saturated carbocycles. The summed E-state index contributed by atoms with van der Waals surface area (Å²) in [5, 5.41) is 14.1. The van der Waals surface area contributed by atoms with Crippen molar-refractivity contribution in [1.82, 2.24) is 9.78 Å². The van der Waals surface area contributed by atoms with E-state index in [1.807, 2.05) is 0 Å². The van der Waals surface area contributed by atoms with Gasteiger partial charge >= 0.3 is 0 Å². The van der Waals surface area contributed by atoms with Gasteiger partial charge in [0.25, 0.3) is 0 Å². The molecule has 1 aromatic heterocycles. The van der Waals surface area contributed by atoms with Gasteiger partial charge in [-0.25, -0.2) is 0 Å². The minimum atomic E-state index is 0.0927. The van der Waals surface area contributed by atoms with Gasteiger partial charge in [0, 0.05) is 11.1 Å². The van der Waals surface area contributed by atoms with Crippen LogP contribution in [0.25, 0.3) is 0 Å². The Morgan fingerprint density at radius 1 is 1.37 bits per heavy atom. The van der Waals surface area contributed by atoms with Gasteiger partial charge in [0.05, 0.1) is 18.8 Å². The second kappa shape index (κ2) is 5.28. The first-order valence-electron chi connectivity index (χ1n) is 7.54. The number of fused-ring (bicyclic) bond motifs is 1. The zero-order valence-electron chi connectivity index (χ0n) is 13.0. The average Bonchev–Trinajstić information content (AvgIpc) is 2.68. The topological polar surface area (TPSA) is 38.0 Å². The van der Waals surface area contributed by atoms with Crippen LogP contribution in [0.15, 0.2) is 0 Å². The van der Waals surface area contributed by atoms with Gasteiger partial charge in [0.1, 0.15) is 0 Å². The molecule has 0 amide bonds. The first-order chi connectivity index (χ1) is 8.84. The maximum Gasteiger partial charge on any atom is 0.0712 e. The molecule has 108 valence electrons. The smallest absolute Gasteiger partial charge is 0.0712 e. The van der Waals surface area contributed by atoms with Crippen LogP contribution < -0.4 is 0 Å². The quantitative estimate of drug-likeness (QED) is 0.911. The molecule has 0 aliphatic heterocycles. The SMILES string of the molecule is CC(C)C1CCc2c(C(C)(C)C)nn(CCO)c2C1. The highest BCUT2D eigenvalue weighted by atomic mass is 16.3. The molecule has 1 aliphatic rings. The van der Waals surface area contributed by atoms with Crippen LogP contribution >= 0.6 is 0 Å². The number of aliphatic hydroxyl groups is 1. The molecule has 3 nitrogen and oxygen atoms in total. The molecule has 19 heavy (non-hydrogen) atoms. The van der Waals surface area contributed by atoms with E-state index in [1.165, 1.54) is 23.4 Å². The van der Waals surface area contributed by atoms with Crippen molar-refractivity contribution in [1.29, 1.82) is 0 Å². The fourth-order valence-electron chi connectivity index (χ4n) is 3.16. The van der Waals surface area contributed by atoms with Crippen molar-refractivity contribution < 1.29 is 5.11 Å². The first kappa shape index (κ1) is 14.6. The van der Waals surface area contributed by atoms with Crippen molar-refractivity contribution in [2.24, 2.45) is 11.8 Å². The monoisotopic (exact) mass is 264 g/mol. The van der Waals surface area contributed by atoms with Crippen LogP contribution in [-0.2, 0) is 24.8 Å². The fourth-order valence-corrected chi connectivity index (χ4v) is 3.16. The molecule has 3 heteroatoms. The number of aromatic nitrogens is 2. The summed E-state index contributed by atoms with van der Waals surface area (Å²) in [5.41, 5.74) is 4.16. The summed E-state index contributed by atoms with van der Waals surface area (Å²) in [6, 6.07) is 0. The lowest BCUT2D eigenvalue weighted by Crippen LogP contribution is -2.22.